The number of methoxy groups -OCH3 is 1. The Bertz CT molecular complexity index is 1700. The number of alkyl carbamates (subject to hydrolysis) is 1. The highest BCUT2D eigenvalue weighted by Crippen LogP contribution is 2.45. The monoisotopic (exact) mass is 709 g/mol. The average Bonchev–Trinajstić information content (AvgIpc) is 3.61. The van der Waals surface area contributed by atoms with Gasteiger partial charge in [-0.1, -0.05) is 71.7 Å². The second kappa shape index (κ2) is 11.9. The molecule has 250 valence electrons. The van der Waals surface area contributed by atoms with Crippen LogP contribution in [0.1, 0.15) is 23.2 Å². The Balaban J connectivity index is 1.38. The van der Waals surface area contributed by atoms with Crippen LogP contribution in [0.25, 0.3) is 10.8 Å². The summed E-state index contributed by atoms with van der Waals surface area (Å²) in [6.45, 7) is 2.68. The van der Waals surface area contributed by atoms with Crippen molar-refractivity contribution in [1.29, 1.82) is 0 Å². The molecule has 2 aromatic rings. The highest BCUT2D eigenvalue weighted by Gasteiger charge is 2.74. The van der Waals surface area contributed by atoms with Crippen molar-refractivity contribution in [3.8, 4) is 5.75 Å². The van der Waals surface area contributed by atoms with Gasteiger partial charge in [-0.2, -0.15) is 0 Å². The fourth-order valence-electron chi connectivity index (χ4n) is 6.61. The maximum atomic E-state index is 13.9. The van der Waals surface area contributed by atoms with Gasteiger partial charge < -0.3 is 40.5 Å². The van der Waals surface area contributed by atoms with Crippen LogP contribution in [0.4, 0.5) is 4.79 Å². The van der Waals surface area contributed by atoms with E-state index in [-0.39, 0.29) is 49.0 Å². The summed E-state index contributed by atoms with van der Waals surface area (Å²) in [6, 6.07) is 7.00. The first kappa shape index (κ1) is 32.9. The zero-order valence-corrected chi connectivity index (χ0v) is 27.0. The van der Waals surface area contributed by atoms with Crippen molar-refractivity contribution in [1.82, 2.24) is 31.1 Å². The van der Waals surface area contributed by atoms with Crippen molar-refractivity contribution in [2.24, 2.45) is 4.99 Å². The van der Waals surface area contributed by atoms with Crippen molar-refractivity contribution in [3.05, 3.63) is 54.4 Å². The fourth-order valence-corrected chi connectivity index (χ4v) is 6.77. The minimum Gasteiger partial charge on any atom is -0.496 e. The Morgan fingerprint density at radius 1 is 1.15 bits per heavy atom. The third kappa shape index (κ3) is 5.65. The molecule has 4 atom stereocenters. The van der Waals surface area contributed by atoms with Crippen LogP contribution in [0.15, 0.2) is 53.8 Å². The van der Waals surface area contributed by atoms with Crippen LogP contribution in [-0.2, 0) is 14.3 Å². The van der Waals surface area contributed by atoms with Crippen LogP contribution in [-0.4, -0.2) is 110 Å². The molecule has 3 saturated heterocycles. The number of aliphatic hydroxyl groups is 2. The number of nitrogens with zero attached hydrogens (tertiary/aromatic N) is 3. The van der Waals surface area contributed by atoms with Crippen LogP contribution in [0.3, 0.4) is 0 Å². The molecule has 0 aliphatic carbocycles. The molecule has 47 heavy (non-hydrogen) atoms. The lowest BCUT2D eigenvalue weighted by Gasteiger charge is -2.49. The fraction of sp³-hybridized carbons (Fsp3) is 0.414. The van der Waals surface area contributed by atoms with E-state index in [1.807, 2.05) is 12.1 Å². The molecule has 6 N–H and O–H groups in total. The number of rotatable bonds is 6. The first-order valence-corrected chi connectivity index (χ1v) is 15.5. The number of ether oxygens (including phenoxy) is 2. The van der Waals surface area contributed by atoms with Crippen LogP contribution in [0.5, 0.6) is 5.75 Å². The molecule has 4 heterocycles. The lowest BCUT2D eigenvalue weighted by molar-refractivity contribution is -0.231. The summed E-state index contributed by atoms with van der Waals surface area (Å²) >= 11 is 17.2. The summed E-state index contributed by atoms with van der Waals surface area (Å²) in [5.74, 6) is -4.17. The molecule has 4 aliphatic rings. The molecule has 2 aromatic carbocycles. The molecule has 4 aliphatic heterocycles. The van der Waals surface area contributed by atoms with Gasteiger partial charge in [0.25, 0.3) is 5.91 Å². The van der Waals surface area contributed by atoms with Gasteiger partial charge in [0.05, 0.1) is 37.1 Å². The zero-order chi connectivity index (χ0) is 33.9. The number of carbonyl (C=O) groups excluding carboxylic acids is 4. The number of alkyl halides is 3. The summed E-state index contributed by atoms with van der Waals surface area (Å²) in [6.07, 6.45) is -1.07. The molecular weight excluding hydrogens is 681 g/mol. The van der Waals surface area contributed by atoms with Crippen molar-refractivity contribution >= 4 is 75.3 Å². The normalized spacial score (nSPS) is 26.3. The number of fused-ring (bicyclic) bond motifs is 1. The number of imide groups is 1. The number of aliphatic imine (C=N–C) groups is 1. The molecule has 0 aromatic heterocycles. The van der Waals surface area contributed by atoms with Crippen molar-refractivity contribution in [2.45, 2.75) is 46.2 Å². The van der Waals surface area contributed by atoms with Crippen LogP contribution in [0, 0.1) is 0 Å². The second-order valence-corrected chi connectivity index (χ2v) is 14.0. The Morgan fingerprint density at radius 2 is 1.85 bits per heavy atom. The maximum Gasteiger partial charge on any atom is 0.414 e. The number of carbonyl (C=O) groups is 4. The smallest absolute Gasteiger partial charge is 0.414 e. The summed E-state index contributed by atoms with van der Waals surface area (Å²) in [5, 5.41) is 36.6. The van der Waals surface area contributed by atoms with Crippen molar-refractivity contribution in [2.75, 3.05) is 26.8 Å². The number of hydrogen-bond donors (Lipinski definition) is 6. The predicted molar refractivity (Wildman–Crippen MR) is 170 cm³/mol. The number of guanidine groups is 1. The zero-order valence-electron chi connectivity index (χ0n) is 24.8. The molecule has 6 rings (SSSR count). The van der Waals surface area contributed by atoms with E-state index in [1.54, 1.807) is 24.3 Å². The molecule has 15 nitrogen and oxygen atoms in total. The number of amides is 4. The van der Waals surface area contributed by atoms with Gasteiger partial charge in [-0.15, -0.1) is 0 Å². The minimum absolute atomic E-state index is 0.0136. The Hall–Kier alpha value is -4.02. The topological polar surface area (TPSA) is 194 Å². The third-order valence-electron chi connectivity index (χ3n) is 8.64. The van der Waals surface area contributed by atoms with Gasteiger partial charge in [0.1, 0.15) is 18.4 Å². The van der Waals surface area contributed by atoms with Crippen LogP contribution < -0.4 is 26.0 Å². The van der Waals surface area contributed by atoms with E-state index < -0.39 is 63.8 Å². The molecule has 0 radical (unpaired) electrons. The molecule has 4 amide bonds. The van der Waals surface area contributed by atoms with Crippen LogP contribution in [0.2, 0.25) is 0 Å². The van der Waals surface area contributed by atoms with E-state index in [0.29, 0.717) is 5.39 Å². The van der Waals surface area contributed by atoms with Gasteiger partial charge >= 0.3 is 6.09 Å². The largest absolute Gasteiger partial charge is 0.496 e. The Morgan fingerprint density at radius 3 is 2.53 bits per heavy atom. The number of nitrogens with one attached hydrogen (secondary N) is 4. The SMILES string of the molecule is C=C1NC2[C@H](CN3C(=O)CCC3=O)N=C(NC(=O)OCC(Cl)(Cl)Cl)N3CC(NC(=O)c4c(OC)ccc5ccccc45)C(O)(O)C23N1. The Kier molecular flexibility index (Phi) is 8.33. The predicted octanol–water partition coefficient (Wildman–Crippen LogP) is 0.656. The van der Waals surface area contributed by atoms with Gasteiger partial charge in [-0.3, -0.25) is 24.6 Å². The quantitative estimate of drug-likeness (QED) is 0.140. The van der Waals surface area contributed by atoms with Crippen molar-refractivity contribution < 1.29 is 38.9 Å². The van der Waals surface area contributed by atoms with E-state index in [9.17, 15) is 29.4 Å². The van der Waals surface area contributed by atoms with Gasteiger partial charge in [0.2, 0.25) is 27.4 Å². The van der Waals surface area contributed by atoms with E-state index >= 15 is 0 Å². The lowest BCUT2D eigenvalue weighted by Crippen LogP contribution is -2.78. The minimum atomic E-state index is -2.81. The van der Waals surface area contributed by atoms with E-state index in [1.165, 1.54) is 12.0 Å². The first-order valence-electron chi connectivity index (χ1n) is 14.4. The summed E-state index contributed by atoms with van der Waals surface area (Å²) in [7, 11) is 1.41. The molecular formula is C29H30Cl3N7O8. The first-order chi connectivity index (χ1) is 22.2. The van der Waals surface area contributed by atoms with Gasteiger partial charge in [0.15, 0.2) is 5.66 Å². The van der Waals surface area contributed by atoms with Crippen LogP contribution >= 0.6 is 34.8 Å². The van der Waals surface area contributed by atoms with Crippen molar-refractivity contribution in [3.63, 3.8) is 0 Å². The number of benzene rings is 2. The highest BCUT2D eigenvalue weighted by molar-refractivity contribution is 6.67. The summed E-state index contributed by atoms with van der Waals surface area (Å²) < 4.78 is 8.57. The van der Waals surface area contributed by atoms with E-state index in [4.69, 9.17) is 44.3 Å². The van der Waals surface area contributed by atoms with E-state index in [0.717, 1.165) is 10.3 Å². The molecule has 18 heteroatoms. The molecule has 0 bridgehead atoms. The summed E-state index contributed by atoms with van der Waals surface area (Å²) in [4.78, 5) is 58.9. The summed E-state index contributed by atoms with van der Waals surface area (Å²) in [5.41, 5.74) is -1.80. The number of halogens is 3. The Labute approximate surface area is 282 Å². The third-order valence-corrected chi connectivity index (χ3v) is 8.96. The number of likely N-dealkylation sites (tertiary alicyclic amines) is 1. The van der Waals surface area contributed by atoms with Gasteiger partial charge in [-0.25, -0.2) is 9.79 Å². The molecule has 1 spiro atoms. The second-order valence-electron chi connectivity index (χ2n) is 11.5. The number of hydrogen-bond acceptors (Lipinski definition) is 12. The molecule has 0 saturated carbocycles. The standard InChI is InChI=1S/C29H30Cl3N7O8/c1-14-33-23-17(11-38-20(40)9-10-21(38)41)34-25(36-26(43)47-13-27(30,31)32)39-12-19(29(44,45)28(23,39)37-14)35-24(42)22-16-6-4-3-5-15(16)7-8-18(22)46-2/h3-8,17,19,23,33,37,44-45H,1,9-13H2,2H3,(H,35,42)(H,34,36,43)/t17-,19?,23?,28?/m0/s1. The average molecular weight is 711 g/mol. The molecule has 3 unspecified atom stereocenters. The highest BCUT2D eigenvalue weighted by atomic mass is 35.6. The maximum absolute atomic E-state index is 13.9. The lowest BCUT2D eigenvalue weighted by atomic mass is 9.85. The molecule has 3 fully saturated rings. The van der Waals surface area contributed by atoms with Gasteiger partial charge in [0, 0.05) is 19.4 Å². The van der Waals surface area contributed by atoms with E-state index in [2.05, 4.69) is 32.8 Å². The van der Waals surface area contributed by atoms with Gasteiger partial charge in [-0.05, 0) is 16.8 Å².